The minimum atomic E-state index is -1.22. The first-order chi connectivity index (χ1) is 21.9. The molecule has 45 heavy (non-hydrogen) atoms. The highest BCUT2D eigenvalue weighted by Gasteiger charge is 2.68. The van der Waals surface area contributed by atoms with Crippen LogP contribution in [0.15, 0.2) is 119 Å². The number of amides is 4. The predicted octanol–water partition coefficient (Wildman–Crippen LogP) is 6.44. The first-order valence-electron chi connectivity index (χ1n) is 14.7. The summed E-state index contributed by atoms with van der Waals surface area (Å²) < 4.78 is 0.833. The van der Waals surface area contributed by atoms with Gasteiger partial charge in [-0.3, -0.25) is 19.2 Å². The van der Waals surface area contributed by atoms with E-state index < -0.39 is 29.1 Å². The smallest absolute Gasteiger partial charge is 0.274 e. The lowest BCUT2D eigenvalue weighted by molar-refractivity contribution is -0.122. The van der Waals surface area contributed by atoms with E-state index in [2.05, 4.69) is 21.0 Å². The molecule has 0 N–H and O–H groups in total. The van der Waals surface area contributed by atoms with E-state index >= 15 is 0 Å². The van der Waals surface area contributed by atoms with Crippen molar-refractivity contribution in [3.05, 3.63) is 147 Å². The number of hydrazone groups is 1. The molecule has 3 aliphatic carbocycles. The molecule has 7 nitrogen and oxygen atoms in total. The van der Waals surface area contributed by atoms with Gasteiger partial charge in [-0.05, 0) is 64.0 Å². The quantitative estimate of drug-likeness (QED) is 0.166. The molecule has 5 aromatic carbocycles. The molecular weight excluding hydrogens is 630 g/mol. The highest BCUT2D eigenvalue weighted by atomic mass is 79.9. The van der Waals surface area contributed by atoms with Gasteiger partial charge in [0.15, 0.2) is 0 Å². The number of halogens is 1. The number of nitrogens with zero attached hydrogens (tertiary/aromatic N) is 3. The SMILES string of the molecule is O=C1c2cccc3cccc(c23)C(=O)N1/N=C\C12c3ccccc3C(c3ccccc31)[C@H]1C(=O)N(c3ccc(Br)cc3)C(=O)[C@@H]12. The van der Waals surface area contributed by atoms with Crippen molar-refractivity contribution in [1.82, 2.24) is 5.01 Å². The van der Waals surface area contributed by atoms with E-state index in [9.17, 15) is 19.2 Å². The van der Waals surface area contributed by atoms with Crippen LogP contribution in [0.3, 0.4) is 0 Å². The Kier molecular flexibility index (Phi) is 5.33. The fraction of sp³-hybridized carbons (Fsp3) is 0.108. The Balaban J connectivity index is 1.27. The van der Waals surface area contributed by atoms with E-state index in [1.54, 1.807) is 54.7 Å². The third-order valence-corrected chi connectivity index (χ3v) is 10.4. The molecule has 1 saturated heterocycles. The van der Waals surface area contributed by atoms with E-state index in [1.807, 2.05) is 60.7 Å². The Hall–Kier alpha value is -5.21. The number of hydrogen-bond acceptors (Lipinski definition) is 5. The summed E-state index contributed by atoms with van der Waals surface area (Å²) in [6.07, 6.45) is 1.58. The van der Waals surface area contributed by atoms with Crippen LogP contribution in [0.2, 0.25) is 0 Å². The van der Waals surface area contributed by atoms with Gasteiger partial charge in [-0.15, -0.1) is 0 Å². The third-order valence-electron chi connectivity index (χ3n) is 9.90. The van der Waals surface area contributed by atoms with Crippen LogP contribution in [-0.4, -0.2) is 34.9 Å². The van der Waals surface area contributed by atoms with Crippen LogP contribution in [-0.2, 0) is 15.0 Å². The van der Waals surface area contributed by atoms with E-state index in [-0.39, 0.29) is 17.7 Å². The summed E-state index contributed by atoms with van der Waals surface area (Å²) in [6.45, 7) is 0. The molecule has 2 heterocycles. The lowest BCUT2D eigenvalue weighted by atomic mass is 9.47. The molecule has 5 aliphatic rings. The predicted molar refractivity (Wildman–Crippen MR) is 172 cm³/mol. The minimum absolute atomic E-state index is 0.273. The Labute approximate surface area is 265 Å². The first-order valence-corrected chi connectivity index (χ1v) is 15.5. The lowest BCUT2D eigenvalue weighted by Gasteiger charge is -2.52. The Bertz CT molecular complexity index is 2110. The fourth-order valence-corrected chi connectivity index (χ4v) is 8.43. The normalized spacial score (nSPS) is 24.4. The van der Waals surface area contributed by atoms with E-state index in [1.165, 1.54) is 4.90 Å². The summed E-state index contributed by atoms with van der Waals surface area (Å²) >= 11 is 3.44. The van der Waals surface area contributed by atoms with Gasteiger partial charge in [-0.2, -0.15) is 10.1 Å². The maximum atomic E-state index is 14.6. The number of carbonyl (C=O) groups excluding carboxylic acids is 4. The Morgan fingerprint density at radius 1 is 0.667 bits per heavy atom. The molecule has 10 rings (SSSR count). The summed E-state index contributed by atoms with van der Waals surface area (Å²) in [4.78, 5) is 58.0. The lowest BCUT2D eigenvalue weighted by Crippen LogP contribution is -2.55. The topological polar surface area (TPSA) is 87.1 Å². The summed E-state index contributed by atoms with van der Waals surface area (Å²) in [5.74, 6) is -3.55. The summed E-state index contributed by atoms with van der Waals surface area (Å²) in [5, 5.41) is 6.98. The molecule has 2 aliphatic heterocycles. The molecule has 216 valence electrons. The van der Waals surface area contributed by atoms with Crippen LogP contribution in [0.25, 0.3) is 10.8 Å². The summed E-state index contributed by atoms with van der Waals surface area (Å²) in [5.41, 5.74) is 3.62. The monoisotopic (exact) mass is 651 g/mol. The highest BCUT2D eigenvalue weighted by Crippen LogP contribution is 2.63. The molecule has 8 heteroatoms. The number of anilines is 1. The van der Waals surface area contributed by atoms with Crippen molar-refractivity contribution in [2.75, 3.05) is 4.90 Å². The molecule has 2 atom stereocenters. The third kappa shape index (κ3) is 3.27. The van der Waals surface area contributed by atoms with Crippen LogP contribution in [0, 0.1) is 11.8 Å². The van der Waals surface area contributed by atoms with Crippen molar-refractivity contribution in [3.8, 4) is 0 Å². The molecule has 1 fully saturated rings. The first kappa shape index (κ1) is 26.2. The number of carbonyl (C=O) groups is 4. The Morgan fingerprint density at radius 3 is 1.84 bits per heavy atom. The standard InChI is InChI=1S/C37H22BrN3O4/c38-21-15-17-22(18-16-21)40-35(44)31-30-23-9-1-3-13-27(23)37(32(31)36(40)45,28-14-4-2-10-24(28)30)19-39-41-33(42)25-11-5-7-20-8-6-12-26(29(20)25)34(41)43/h1-19,30-32H/b39-19-/t30?,31-,32-,37?/m1/s1. The van der Waals surface area contributed by atoms with Gasteiger partial charge in [-0.1, -0.05) is 88.7 Å². The van der Waals surface area contributed by atoms with Gasteiger partial charge in [0.05, 0.1) is 34.1 Å². The maximum Gasteiger partial charge on any atom is 0.282 e. The summed E-state index contributed by atoms with van der Waals surface area (Å²) in [7, 11) is 0. The van der Waals surface area contributed by atoms with Gasteiger partial charge < -0.3 is 0 Å². The molecule has 0 unspecified atom stereocenters. The van der Waals surface area contributed by atoms with E-state index in [0.29, 0.717) is 22.2 Å². The van der Waals surface area contributed by atoms with Crippen molar-refractivity contribution in [2.24, 2.45) is 16.9 Å². The zero-order valence-electron chi connectivity index (χ0n) is 23.6. The maximum absolute atomic E-state index is 14.6. The molecule has 5 aromatic rings. The Morgan fingerprint density at radius 2 is 1.24 bits per heavy atom. The average molecular weight is 653 g/mol. The largest absolute Gasteiger partial charge is 0.282 e. The van der Waals surface area contributed by atoms with Gasteiger partial charge in [0.1, 0.15) is 0 Å². The number of rotatable bonds is 3. The molecule has 0 aromatic heterocycles. The minimum Gasteiger partial charge on any atom is -0.274 e. The van der Waals surface area contributed by atoms with Crippen molar-refractivity contribution < 1.29 is 19.2 Å². The van der Waals surface area contributed by atoms with E-state index in [4.69, 9.17) is 0 Å². The van der Waals surface area contributed by atoms with Gasteiger partial charge in [0.25, 0.3) is 11.8 Å². The van der Waals surface area contributed by atoms with Crippen LogP contribution in [0.5, 0.6) is 0 Å². The fourth-order valence-electron chi connectivity index (χ4n) is 8.17. The molecule has 0 radical (unpaired) electrons. The molecule has 0 saturated carbocycles. The van der Waals surface area contributed by atoms with Crippen LogP contribution < -0.4 is 4.90 Å². The molecule has 4 amide bonds. The van der Waals surface area contributed by atoms with Crippen molar-refractivity contribution in [1.29, 1.82) is 0 Å². The zero-order valence-corrected chi connectivity index (χ0v) is 25.1. The number of benzene rings is 5. The van der Waals surface area contributed by atoms with E-state index in [0.717, 1.165) is 37.1 Å². The second-order valence-electron chi connectivity index (χ2n) is 11.9. The second-order valence-corrected chi connectivity index (χ2v) is 12.8. The summed E-state index contributed by atoms with van der Waals surface area (Å²) in [6, 6.07) is 33.5. The average Bonchev–Trinajstić information content (AvgIpc) is 3.34. The van der Waals surface area contributed by atoms with Crippen molar-refractivity contribution in [2.45, 2.75) is 11.3 Å². The van der Waals surface area contributed by atoms with Gasteiger partial charge in [-0.25, -0.2) is 4.90 Å². The van der Waals surface area contributed by atoms with Crippen molar-refractivity contribution >= 4 is 62.2 Å². The van der Waals surface area contributed by atoms with Crippen LogP contribution in [0.4, 0.5) is 5.69 Å². The highest BCUT2D eigenvalue weighted by molar-refractivity contribution is 9.10. The molecule has 0 spiro atoms. The van der Waals surface area contributed by atoms with Crippen molar-refractivity contribution in [3.63, 3.8) is 0 Å². The molecular formula is C37H22BrN3O4. The van der Waals surface area contributed by atoms with Crippen LogP contribution >= 0.6 is 15.9 Å². The zero-order chi connectivity index (χ0) is 30.6. The number of imide groups is 2. The second kappa shape index (κ2) is 9.15. The van der Waals surface area contributed by atoms with Gasteiger partial charge >= 0.3 is 0 Å². The van der Waals surface area contributed by atoms with Crippen LogP contribution in [0.1, 0.15) is 48.9 Å². The van der Waals surface area contributed by atoms with Gasteiger partial charge in [0.2, 0.25) is 11.8 Å². The van der Waals surface area contributed by atoms with Gasteiger partial charge in [0, 0.05) is 22.0 Å². The molecule has 2 bridgehead atoms. The number of hydrogen-bond donors (Lipinski definition) is 0.